The van der Waals surface area contributed by atoms with Crippen LogP contribution in [0.5, 0.6) is 0 Å². The van der Waals surface area contributed by atoms with Gasteiger partial charge in [0.05, 0.1) is 6.04 Å². The standard InChI is InChI=1S/C28H30N2O5/c1-21(31)34-20-25(17-22-11-5-2-6-12-22)29-27(32)26(18-23-13-7-3-8-14-23)30-28(33)35-19-24-15-9-4-10-16-24/h2-16,25-26H,17-20H2,1H3,(H,29,32)(H,30,33)/t25-,26+/m1/s1. The molecule has 3 aromatic carbocycles. The molecule has 0 fully saturated rings. The minimum absolute atomic E-state index is 0.0203. The maximum absolute atomic E-state index is 13.3. The summed E-state index contributed by atoms with van der Waals surface area (Å²) in [7, 11) is 0. The van der Waals surface area contributed by atoms with Gasteiger partial charge in [0, 0.05) is 13.3 Å². The van der Waals surface area contributed by atoms with Crippen molar-refractivity contribution in [3.63, 3.8) is 0 Å². The topological polar surface area (TPSA) is 93.7 Å². The first-order valence-corrected chi connectivity index (χ1v) is 11.5. The molecule has 35 heavy (non-hydrogen) atoms. The minimum atomic E-state index is -0.878. The summed E-state index contributed by atoms with van der Waals surface area (Å²) in [5.41, 5.74) is 2.71. The number of benzene rings is 3. The number of esters is 1. The quantitative estimate of drug-likeness (QED) is 0.412. The van der Waals surface area contributed by atoms with Crippen LogP contribution in [0, 0.1) is 0 Å². The lowest BCUT2D eigenvalue weighted by Crippen LogP contribution is -2.52. The maximum Gasteiger partial charge on any atom is 0.408 e. The van der Waals surface area contributed by atoms with Crippen molar-refractivity contribution in [3.05, 3.63) is 108 Å². The Morgan fingerprint density at radius 1 is 0.686 bits per heavy atom. The first-order chi connectivity index (χ1) is 17.0. The van der Waals surface area contributed by atoms with Crippen LogP contribution < -0.4 is 10.6 Å². The van der Waals surface area contributed by atoms with Crippen LogP contribution in [0.3, 0.4) is 0 Å². The first kappa shape index (κ1) is 25.5. The normalized spacial score (nSPS) is 12.1. The molecule has 7 nitrogen and oxygen atoms in total. The number of carbonyl (C=O) groups excluding carboxylic acids is 3. The fraction of sp³-hybridized carbons (Fsp3) is 0.250. The van der Waals surface area contributed by atoms with Crippen molar-refractivity contribution < 1.29 is 23.9 Å². The lowest BCUT2D eigenvalue weighted by Gasteiger charge is -2.23. The Hall–Kier alpha value is -4.13. The molecule has 0 aliphatic carbocycles. The fourth-order valence-corrected chi connectivity index (χ4v) is 3.54. The number of hydrogen-bond acceptors (Lipinski definition) is 5. The number of amides is 2. The fourth-order valence-electron chi connectivity index (χ4n) is 3.54. The third kappa shape index (κ3) is 9.33. The molecule has 0 radical (unpaired) electrons. The summed E-state index contributed by atoms with van der Waals surface area (Å²) in [6.07, 6.45) is 0.0549. The van der Waals surface area contributed by atoms with Crippen molar-refractivity contribution in [3.8, 4) is 0 Å². The second kappa shape index (κ2) is 13.5. The van der Waals surface area contributed by atoms with Crippen molar-refractivity contribution in [2.45, 2.75) is 38.5 Å². The summed E-state index contributed by atoms with van der Waals surface area (Å²) in [5, 5.41) is 5.62. The lowest BCUT2D eigenvalue weighted by molar-refractivity contribution is -0.142. The van der Waals surface area contributed by atoms with Gasteiger partial charge in [-0.25, -0.2) is 4.79 Å². The molecule has 0 saturated carbocycles. The van der Waals surface area contributed by atoms with E-state index in [9.17, 15) is 14.4 Å². The van der Waals surface area contributed by atoms with Crippen LogP contribution in [0.15, 0.2) is 91.0 Å². The molecule has 0 aliphatic rings. The van der Waals surface area contributed by atoms with Crippen LogP contribution in [0.4, 0.5) is 4.79 Å². The van der Waals surface area contributed by atoms with E-state index in [4.69, 9.17) is 9.47 Å². The highest BCUT2D eigenvalue weighted by Gasteiger charge is 2.25. The van der Waals surface area contributed by atoms with E-state index in [1.54, 1.807) is 0 Å². The number of ether oxygens (including phenoxy) is 2. The molecule has 0 aromatic heterocycles. The summed E-state index contributed by atoms with van der Waals surface area (Å²) >= 11 is 0. The Kier molecular flexibility index (Phi) is 9.87. The van der Waals surface area contributed by atoms with Crippen LogP contribution in [0.2, 0.25) is 0 Å². The lowest BCUT2D eigenvalue weighted by atomic mass is 10.0. The highest BCUT2D eigenvalue weighted by molar-refractivity contribution is 5.86. The van der Waals surface area contributed by atoms with Crippen LogP contribution in [-0.4, -0.2) is 36.7 Å². The number of nitrogens with one attached hydrogen (secondary N) is 2. The van der Waals surface area contributed by atoms with E-state index in [2.05, 4.69) is 10.6 Å². The van der Waals surface area contributed by atoms with Gasteiger partial charge in [-0.2, -0.15) is 0 Å². The maximum atomic E-state index is 13.3. The van der Waals surface area contributed by atoms with E-state index >= 15 is 0 Å². The SMILES string of the molecule is CC(=O)OC[C@@H](Cc1ccccc1)NC(=O)[C@H](Cc1ccccc1)NC(=O)OCc1ccccc1. The molecule has 0 heterocycles. The van der Waals surface area contributed by atoms with Gasteiger partial charge in [-0.15, -0.1) is 0 Å². The smallest absolute Gasteiger partial charge is 0.408 e. The molecule has 3 aromatic rings. The molecule has 2 amide bonds. The summed E-state index contributed by atoms with van der Waals surface area (Å²) < 4.78 is 10.5. The van der Waals surface area contributed by atoms with Gasteiger partial charge in [-0.1, -0.05) is 91.0 Å². The van der Waals surface area contributed by atoms with Gasteiger partial charge in [0.2, 0.25) is 5.91 Å². The predicted molar refractivity (Wildman–Crippen MR) is 132 cm³/mol. The van der Waals surface area contributed by atoms with Crippen LogP contribution >= 0.6 is 0 Å². The molecule has 182 valence electrons. The van der Waals surface area contributed by atoms with Gasteiger partial charge >= 0.3 is 12.1 Å². The zero-order valence-electron chi connectivity index (χ0n) is 19.7. The molecule has 7 heteroatoms. The van der Waals surface area contributed by atoms with E-state index in [1.165, 1.54) is 6.92 Å². The minimum Gasteiger partial charge on any atom is -0.464 e. The zero-order valence-corrected chi connectivity index (χ0v) is 19.7. The largest absolute Gasteiger partial charge is 0.464 e. The number of alkyl carbamates (subject to hydrolysis) is 1. The average Bonchev–Trinajstić information content (AvgIpc) is 2.87. The van der Waals surface area contributed by atoms with Gasteiger partial charge in [-0.3, -0.25) is 9.59 Å². The highest BCUT2D eigenvalue weighted by Crippen LogP contribution is 2.08. The van der Waals surface area contributed by atoms with Crippen molar-refractivity contribution in [2.75, 3.05) is 6.61 Å². The third-order valence-electron chi connectivity index (χ3n) is 5.26. The third-order valence-corrected chi connectivity index (χ3v) is 5.26. The molecule has 0 spiro atoms. The summed E-state index contributed by atoms with van der Waals surface area (Å²) in [6, 6.07) is 27.0. The van der Waals surface area contributed by atoms with Crippen molar-refractivity contribution >= 4 is 18.0 Å². The Bertz CT molecular complexity index is 1070. The summed E-state index contributed by atoms with van der Waals surface area (Å²) in [5.74, 6) is -0.820. The average molecular weight is 475 g/mol. The van der Waals surface area contributed by atoms with Gasteiger partial charge < -0.3 is 20.1 Å². The Balaban J connectivity index is 1.68. The molecule has 2 N–H and O–H groups in total. The van der Waals surface area contributed by atoms with E-state index in [0.717, 1.165) is 16.7 Å². The Labute approximate surface area is 205 Å². The van der Waals surface area contributed by atoms with E-state index in [0.29, 0.717) is 6.42 Å². The first-order valence-electron chi connectivity index (χ1n) is 11.5. The second-order valence-electron chi connectivity index (χ2n) is 8.15. The van der Waals surface area contributed by atoms with Crippen LogP contribution in [0.1, 0.15) is 23.6 Å². The van der Waals surface area contributed by atoms with Crippen molar-refractivity contribution in [2.24, 2.45) is 0 Å². The molecular weight excluding hydrogens is 444 g/mol. The molecule has 0 bridgehead atoms. The molecule has 3 rings (SSSR count). The Morgan fingerprint density at radius 2 is 1.20 bits per heavy atom. The summed E-state index contributed by atoms with van der Waals surface area (Å²) in [4.78, 5) is 37.2. The molecular formula is C28H30N2O5. The van der Waals surface area contributed by atoms with E-state index in [-0.39, 0.29) is 19.6 Å². The number of carbonyl (C=O) groups is 3. The molecule has 0 unspecified atom stereocenters. The number of rotatable bonds is 11. The molecule has 2 atom stereocenters. The number of hydrogen-bond donors (Lipinski definition) is 2. The predicted octanol–water partition coefficient (Wildman–Crippen LogP) is 3.81. The van der Waals surface area contributed by atoms with E-state index in [1.807, 2.05) is 91.0 Å². The van der Waals surface area contributed by atoms with Crippen molar-refractivity contribution in [1.82, 2.24) is 10.6 Å². The van der Waals surface area contributed by atoms with Crippen LogP contribution in [-0.2, 0) is 38.5 Å². The van der Waals surface area contributed by atoms with Crippen molar-refractivity contribution in [1.29, 1.82) is 0 Å². The van der Waals surface area contributed by atoms with Gasteiger partial charge in [0.25, 0.3) is 0 Å². The van der Waals surface area contributed by atoms with Gasteiger partial charge in [0.15, 0.2) is 0 Å². The second-order valence-corrected chi connectivity index (χ2v) is 8.15. The van der Waals surface area contributed by atoms with Gasteiger partial charge in [-0.05, 0) is 23.1 Å². The van der Waals surface area contributed by atoms with Gasteiger partial charge in [0.1, 0.15) is 19.3 Å². The summed E-state index contributed by atoms with van der Waals surface area (Å²) in [6.45, 7) is 1.44. The highest BCUT2D eigenvalue weighted by atomic mass is 16.5. The monoisotopic (exact) mass is 474 g/mol. The van der Waals surface area contributed by atoms with E-state index < -0.39 is 30.1 Å². The van der Waals surface area contributed by atoms with Crippen LogP contribution in [0.25, 0.3) is 0 Å². The molecule has 0 aliphatic heterocycles. The zero-order chi connectivity index (χ0) is 24.9. The Morgan fingerprint density at radius 3 is 1.74 bits per heavy atom. The molecule has 0 saturated heterocycles.